The van der Waals surface area contributed by atoms with Gasteiger partial charge in [0.1, 0.15) is 0 Å². The Labute approximate surface area is 169 Å². The van der Waals surface area contributed by atoms with Crippen molar-refractivity contribution in [3.8, 4) is 11.1 Å². The van der Waals surface area contributed by atoms with Crippen LogP contribution < -0.4 is 10.6 Å². The van der Waals surface area contributed by atoms with Crippen LogP contribution in [-0.4, -0.2) is 28.1 Å². The number of benzene rings is 2. The zero-order valence-corrected chi connectivity index (χ0v) is 16.2. The molecule has 0 radical (unpaired) electrons. The number of H-pyrrole nitrogens is 1. The summed E-state index contributed by atoms with van der Waals surface area (Å²) >= 11 is 0. The van der Waals surface area contributed by atoms with Crippen LogP contribution in [0.5, 0.6) is 0 Å². The molecule has 3 N–H and O–H groups in total. The number of nitrogens with one attached hydrogen (secondary N) is 3. The molecule has 2 aromatic carbocycles. The molecule has 2 amide bonds. The van der Waals surface area contributed by atoms with Gasteiger partial charge in [-0.15, -0.1) is 0 Å². The number of aromatic nitrogens is 2. The van der Waals surface area contributed by atoms with Crippen LogP contribution >= 0.6 is 0 Å². The summed E-state index contributed by atoms with van der Waals surface area (Å²) in [5, 5.41) is 12.7. The van der Waals surface area contributed by atoms with E-state index in [0.717, 1.165) is 29.5 Å². The molecule has 1 fully saturated rings. The van der Waals surface area contributed by atoms with E-state index in [4.69, 9.17) is 0 Å². The van der Waals surface area contributed by atoms with Crippen molar-refractivity contribution in [1.82, 2.24) is 20.8 Å². The number of carbonyl (C=O) groups is 2. The van der Waals surface area contributed by atoms with E-state index in [-0.39, 0.29) is 17.9 Å². The Morgan fingerprint density at radius 3 is 2.48 bits per heavy atom. The molecule has 0 saturated heterocycles. The number of hydrogen-bond donors (Lipinski definition) is 3. The van der Waals surface area contributed by atoms with Crippen molar-refractivity contribution in [1.29, 1.82) is 0 Å². The van der Waals surface area contributed by atoms with Gasteiger partial charge in [-0.25, -0.2) is 0 Å². The lowest BCUT2D eigenvalue weighted by Gasteiger charge is -2.12. The molecule has 1 saturated carbocycles. The number of carbonyl (C=O) groups excluding carboxylic acids is 2. The highest BCUT2D eigenvalue weighted by Gasteiger charge is 2.18. The highest BCUT2D eigenvalue weighted by atomic mass is 16.2. The van der Waals surface area contributed by atoms with Crippen LogP contribution in [0.25, 0.3) is 11.1 Å². The first kappa shape index (κ1) is 18.9. The summed E-state index contributed by atoms with van der Waals surface area (Å²) in [6.07, 6.45) is 8.03. The normalized spacial score (nSPS) is 13.9. The second-order valence-electron chi connectivity index (χ2n) is 7.40. The molecule has 148 valence electrons. The standard InChI is InChI=1S/C23H24N4O2/c28-22(18-10-8-17(9-11-18)20-14-25-26-15-20)24-13-16-4-3-5-19(12-16)23(29)27-21-6-1-2-7-21/h3-5,8-12,14-15,21H,1-2,6-7,13H2,(H,24,28)(H,25,26)(H,27,29). The van der Waals surface area contributed by atoms with Crippen LogP contribution in [0.1, 0.15) is 52.0 Å². The highest BCUT2D eigenvalue weighted by Crippen LogP contribution is 2.19. The first-order valence-corrected chi connectivity index (χ1v) is 9.96. The van der Waals surface area contributed by atoms with Gasteiger partial charge in [-0.3, -0.25) is 14.7 Å². The van der Waals surface area contributed by atoms with Crippen LogP contribution in [-0.2, 0) is 6.54 Å². The number of amides is 2. The lowest BCUT2D eigenvalue weighted by atomic mass is 10.1. The lowest BCUT2D eigenvalue weighted by Crippen LogP contribution is -2.32. The van der Waals surface area contributed by atoms with E-state index in [1.54, 1.807) is 18.3 Å². The number of aromatic amines is 1. The summed E-state index contributed by atoms with van der Waals surface area (Å²) in [6.45, 7) is 0.368. The summed E-state index contributed by atoms with van der Waals surface area (Å²) in [7, 11) is 0. The first-order valence-electron chi connectivity index (χ1n) is 9.96. The molecule has 1 aromatic heterocycles. The van der Waals surface area contributed by atoms with E-state index >= 15 is 0 Å². The number of rotatable bonds is 6. The molecule has 6 heteroatoms. The van der Waals surface area contributed by atoms with Crippen LogP contribution in [0.2, 0.25) is 0 Å². The maximum absolute atomic E-state index is 12.5. The molecule has 0 aliphatic heterocycles. The van der Waals surface area contributed by atoms with Gasteiger partial charge in [-0.1, -0.05) is 37.1 Å². The van der Waals surface area contributed by atoms with Gasteiger partial charge in [0.2, 0.25) is 0 Å². The van der Waals surface area contributed by atoms with Crippen molar-refractivity contribution in [3.05, 3.63) is 77.6 Å². The fourth-order valence-corrected chi connectivity index (χ4v) is 3.67. The monoisotopic (exact) mass is 388 g/mol. The Morgan fingerprint density at radius 2 is 1.76 bits per heavy atom. The van der Waals surface area contributed by atoms with E-state index in [9.17, 15) is 9.59 Å². The van der Waals surface area contributed by atoms with Crippen LogP contribution in [0.15, 0.2) is 60.9 Å². The van der Waals surface area contributed by atoms with Gasteiger partial charge in [0.05, 0.1) is 6.20 Å². The molecule has 0 spiro atoms. The van der Waals surface area contributed by atoms with Crippen LogP contribution in [0, 0.1) is 0 Å². The third-order valence-electron chi connectivity index (χ3n) is 5.31. The van der Waals surface area contributed by atoms with Crippen molar-refractivity contribution in [2.45, 2.75) is 38.3 Å². The van der Waals surface area contributed by atoms with Gasteiger partial charge in [-0.05, 0) is 48.2 Å². The van der Waals surface area contributed by atoms with Crippen molar-refractivity contribution < 1.29 is 9.59 Å². The molecule has 0 unspecified atom stereocenters. The molecular formula is C23H24N4O2. The average Bonchev–Trinajstić information content (AvgIpc) is 3.47. The molecule has 1 aliphatic carbocycles. The van der Waals surface area contributed by atoms with Crippen LogP contribution in [0.3, 0.4) is 0 Å². The number of nitrogens with zero attached hydrogens (tertiary/aromatic N) is 1. The van der Waals surface area contributed by atoms with Gasteiger partial charge < -0.3 is 10.6 Å². The van der Waals surface area contributed by atoms with E-state index in [1.807, 2.05) is 42.6 Å². The van der Waals surface area contributed by atoms with Gasteiger partial charge in [0.25, 0.3) is 11.8 Å². The minimum atomic E-state index is -0.149. The Morgan fingerprint density at radius 1 is 0.966 bits per heavy atom. The first-order chi connectivity index (χ1) is 14.2. The molecule has 0 bridgehead atoms. The van der Waals surface area contributed by atoms with E-state index in [0.29, 0.717) is 17.7 Å². The summed E-state index contributed by atoms with van der Waals surface area (Å²) in [6, 6.07) is 15.1. The van der Waals surface area contributed by atoms with Crippen molar-refractivity contribution in [2.75, 3.05) is 0 Å². The smallest absolute Gasteiger partial charge is 0.251 e. The second kappa shape index (κ2) is 8.73. The summed E-state index contributed by atoms with van der Waals surface area (Å²) in [5.74, 6) is -0.190. The Balaban J connectivity index is 1.34. The van der Waals surface area contributed by atoms with Gasteiger partial charge >= 0.3 is 0 Å². The third kappa shape index (κ3) is 4.71. The molecule has 6 nitrogen and oxygen atoms in total. The van der Waals surface area contributed by atoms with Gasteiger partial charge in [-0.2, -0.15) is 5.10 Å². The summed E-state index contributed by atoms with van der Waals surface area (Å²) in [4.78, 5) is 24.9. The predicted molar refractivity (Wildman–Crippen MR) is 111 cm³/mol. The van der Waals surface area contributed by atoms with E-state index in [2.05, 4.69) is 20.8 Å². The minimum absolute atomic E-state index is 0.0417. The van der Waals surface area contributed by atoms with Crippen molar-refractivity contribution in [2.24, 2.45) is 0 Å². The number of hydrogen-bond acceptors (Lipinski definition) is 3. The summed E-state index contributed by atoms with van der Waals surface area (Å²) in [5.41, 5.74) is 4.09. The molecule has 3 aromatic rings. The fourth-order valence-electron chi connectivity index (χ4n) is 3.67. The molecule has 0 atom stereocenters. The maximum atomic E-state index is 12.5. The largest absolute Gasteiger partial charge is 0.349 e. The molecule has 4 rings (SSSR count). The molecule has 1 aliphatic rings. The maximum Gasteiger partial charge on any atom is 0.251 e. The third-order valence-corrected chi connectivity index (χ3v) is 5.31. The van der Waals surface area contributed by atoms with E-state index in [1.165, 1.54) is 12.8 Å². The Bertz CT molecular complexity index is 974. The van der Waals surface area contributed by atoms with Crippen LogP contribution in [0.4, 0.5) is 0 Å². The van der Waals surface area contributed by atoms with Crippen molar-refractivity contribution >= 4 is 11.8 Å². The molecule has 29 heavy (non-hydrogen) atoms. The minimum Gasteiger partial charge on any atom is -0.349 e. The second-order valence-corrected chi connectivity index (χ2v) is 7.40. The Kier molecular flexibility index (Phi) is 5.70. The SMILES string of the molecule is O=C(NCc1cccc(C(=O)NC2CCCC2)c1)c1ccc(-c2cn[nH]c2)cc1. The zero-order chi connectivity index (χ0) is 20.1. The van der Waals surface area contributed by atoms with Gasteiger partial charge in [0, 0.05) is 35.5 Å². The molecular weight excluding hydrogens is 364 g/mol. The van der Waals surface area contributed by atoms with E-state index < -0.39 is 0 Å². The highest BCUT2D eigenvalue weighted by molar-refractivity contribution is 5.95. The zero-order valence-electron chi connectivity index (χ0n) is 16.2. The van der Waals surface area contributed by atoms with Gasteiger partial charge in [0.15, 0.2) is 0 Å². The van der Waals surface area contributed by atoms with Crippen molar-refractivity contribution in [3.63, 3.8) is 0 Å². The molecule has 1 heterocycles. The summed E-state index contributed by atoms with van der Waals surface area (Å²) < 4.78 is 0. The lowest BCUT2D eigenvalue weighted by molar-refractivity contribution is 0.0935. The quantitative estimate of drug-likeness (QED) is 0.602. The fraction of sp³-hybridized carbons (Fsp3) is 0.261. The predicted octanol–water partition coefficient (Wildman–Crippen LogP) is 3.68. The average molecular weight is 388 g/mol. The topological polar surface area (TPSA) is 86.9 Å². The Hall–Kier alpha value is -3.41.